The number of hydrogen-bond acceptors (Lipinski definition) is 4. The fourth-order valence-corrected chi connectivity index (χ4v) is 1.61. The number of amides is 1. The van der Waals surface area contributed by atoms with Crippen molar-refractivity contribution in [3.8, 4) is 6.07 Å². The van der Waals surface area contributed by atoms with Crippen LogP contribution in [0.5, 0.6) is 0 Å². The van der Waals surface area contributed by atoms with Gasteiger partial charge in [-0.1, -0.05) is 0 Å². The van der Waals surface area contributed by atoms with E-state index >= 15 is 0 Å². The molecular formula is C10H17N3O2. The molecule has 0 aromatic heterocycles. The van der Waals surface area contributed by atoms with Crippen LogP contribution in [0.2, 0.25) is 0 Å². The molecule has 1 saturated heterocycles. The van der Waals surface area contributed by atoms with Gasteiger partial charge in [-0.3, -0.25) is 9.69 Å². The summed E-state index contributed by atoms with van der Waals surface area (Å²) in [5.74, 6) is 0.0133. The number of nitriles is 1. The van der Waals surface area contributed by atoms with E-state index in [0.717, 1.165) is 13.0 Å². The van der Waals surface area contributed by atoms with Crippen LogP contribution >= 0.6 is 0 Å². The van der Waals surface area contributed by atoms with Crippen LogP contribution in [0.15, 0.2) is 0 Å². The van der Waals surface area contributed by atoms with E-state index < -0.39 is 0 Å². The number of likely N-dealkylation sites (tertiary alicyclic amines) is 1. The number of rotatable bonds is 4. The average Bonchev–Trinajstić information content (AvgIpc) is 2.60. The summed E-state index contributed by atoms with van der Waals surface area (Å²) in [5.41, 5.74) is 0. The molecule has 15 heavy (non-hydrogen) atoms. The Morgan fingerprint density at radius 2 is 2.47 bits per heavy atom. The Morgan fingerprint density at radius 3 is 3.00 bits per heavy atom. The van der Waals surface area contributed by atoms with Crippen molar-refractivity contribution in [2.24, 2.45) is 0 Å². The molecule has 5 heteroatoms. The molecular weight excluding hydrogens is 194 g/mol. The first kappa shape index (κ1) is 12.0. The van der Waals surface area contributed by atoms with Gasteiger partial charge in [0.1, 0.15) is 0 Å². The van der Waals surface area contributed by atoms with Crippen LogP contribution in [-0.4, -0.2) is 60.1 Å². The molecule has 0 aromatic carbocycles. The summed E-state index contributed by atoms with van der Waals surface area (Å²) in [5, 5.41) is 17.7. The molecule has 1 rings (SSSR count). The van der Waals surface area contributed by atoms with Crippen LogP contribution < -0.4 is 0 Å². The van der Waals surface area contributed by atoms with Crippen LogP contribution in [0, 0.1) is 11.3 Å². The number of carbonyl (C=O) groups is 1. The number of hydrogen-bond donors (Lipinski definition) is 1. The zero-order valence-corrected chi connectivity index (χ0v) is 9.02. The van der Waals surface area contributed by atoms with E-state index in [1.807, 2.05) is 11.0 Å². The smallest absolute Gasteiger partial charge is 0.236 e. The Labute approximate surface area is 89.9 Å². The quantitative estimate of drug-likeness (QED) is 0.676. The maximum absolute atomic E-state index is 11.6. The number of β-amino-alcohol motifs (C(OH)–C–C–N with tert-alkyl or cyclic N) is 1. The van der Waals surface area contributed by atoms with Crippen molar-refractivity contribution in [3.63, 3.8) is 0 Å². The highest BCUT2D eigenvalue weighted by molar-refractivity contribution is 5.78. The number of likely N-dealkylation sites (N-methyl/N-ethyl adjacent to an activating group) is 1. The lowest BCUT2D eigenvalue weighted by Crippen LogP contribution is -2.38. The first-order valence-electron chi connectivity index (χ1n) is 5.15. The SMILES string of the molecule is CN(CCC#N)C(=O)CN1CC[C@H](O)C1. The maximum atomic E-state index is 11.6. The lowest BCUT2D eigenvalue weighted by Gasteiger charge is -2.20. The van der Waals surface area contributed by atoms with Crippen LogP contribution in [0.1, 0.15) is 12.8 Å². The molecule has 0 aromatic rings. The van der Waals surface area contributed by atoms with Gasteiger partial charge in [-0.25, -0.2) is 0 Å². The van der Waals surface area contributed by atoms with Gasteiger partial charge in [-0.2, -0.15) is 5.26 Å². The third-order valence-corrected chi connectivity index (χ3v) is 2.59. The number of aliphatic hydroxyl groups is 1. The van der Waals surface area contributed by atoms with E-state index in [1.165, 1.54) is 0 Å². The van der Waals surface area contributed by atoms with E-state index in [1.54, 1.807) is 11.9 Å². The molecule has 0 radical (unpaired) electrons. The Morgan fingerprint density at radius 1 is 1.73 bits per heavy atom. The van der Waals surface area contributed by atoms with Crippen molar-refractivity contribution >= 4 is 5.91 Å². The second-order valence-corrected chi connectivity index (χ2v) is 3.90. The van der Waals surface area contributed by atoms with Gasteiger partial charge >= 0.3 is 0 Å². The third-order valence-electron chi connectivity index (χ3n) is 2.59. The topological polar surface area (TPSA) is 67.6 Å². The molecule has 84 valence electrons. The Bertz CT molecular complexity index is 262. The van der Waals surface area contributed by atoms with E-state index in [4.69, 9.17) is 5.26 Å². The van der Waals surface area contributed by atoms with Gasteiger partial charge in [0.05, 0.1) is 25.1 Å². The highest BCUT2D eigenvalue weighted by atomic mass is 16.3. The summed E-state index contributed by atoms with van der Waals surface area (Å²) >= 11 is 0. The number of nitrogens with zero attached hydrogens (tertiary/aromatic N) is 3. The minimum atomic E-state index is -0.290. The van der Waals surface area contributed by atoms with Gasteiger partial charge in [-0.15, -0.1) is 0 Å². The third kappa shape index (κ3) is 3.86. The van der Waals surface area contributed by atoms with E-state index in [2.05, 4.69) is 0 Å². The first-order chi connectivity index (χ1) is 7.13. The molecule has 1 aliphatic rings. The molecule has 0 unspecified atom stereocenters. The largest absolute Gasteiger partial charge is 0.392 e. The summed E-state index contributed by atoms with van der Waals surface area (Å²) < 4.78 is 0. The molecule has 1 amide bonds. The monoisotopic (exact) mass is 211 g/mol. The van der Waals surface area contributed by atoms with Crippen molar-refractivity contribution in [2.75, 3.05) is 33.2 Å². The molecule has 5 nitrogen and oxygen atoms in total. The normalized spacial score (nSPS) is 21.3. The van der Waals surface area contributed by atoms with Crippen molar-refractivity contribution in [1.82, 2.24) is 9.80 Å². The minimum Gasteiger partial charge on any atom is -0.392 e. The van der Waals surface area contributed by atoms with Crippen molar-refractivity contribution in [3.05, 3.63) is 0 Å². The van der Waals surface area contributed by atoms with Crippen molar-refractivity contribution in [1.29, 1.82) is 5.26 Å². The van der Waals surface area contributed by atoms with Gasteiger partial charge in [0.2, 0.25) is 5.91 Å². The zero-order valence-electron chi connectivity index (χ0n) is 9.02. The van der Waals surface area contributed by atoms with Gasteiger partial charge < -0.3 is 10.0 Å². The summed E-state index contributed by atoms with van der Waals surface area (Å²) in [6, 6.07) is 2.01. The highest BCUT2D eigenvalue weighted by Gasteiger charge is 2.22. The predicted octanol–water partition coefficient (Wildman–Crippen LogP) is -0.575. The molecule has 0 aliphatic carbocycles. The predicted molar refractivity (Wildman–Crippen MR) is 54.9 cm³/mol. The molecule has 1 aliphatic heterocycles. The lowest BCUT2D eigenvalue weighted by molar-refractivity contribution is -0.130. The Hall–Kier alpha value is -1.12. The van der Waals surface area contributed by atoms with Crippen LogP contribution in [0.25, 0.3) is 0 Å². The number of aliphatic hydroxyl groups excluding tert-OH is 1. The molecule has 0 spiro atoms. The molecule has 0 bridgehead atoms. The van der Waals surface area contributed by atoms with Crippen LogP contribution in [-0.2, 0) is 4.79 Å². The van der Waals surface area contributed by atoms with Crippen molar-refractivity contribution < 1.29 is 9.90 Å². The second-order valence-electron chi connectivity index (χ2n) is 3.90. The summed E-state index contributed by atoms with van der Waals surface area (Å²) in [6.07, 6.45) is 0.822. The summed E-state index contributed by atoms with van der Waals surface area (Å²) in [7, 11) is 1.70. The first-order valence-corrected chi connectivity index (χ1v) is 5.15. The van der Waals surface area contributed by atoms with Crippen LogP contribution in [0.3, 0.4) is 0 Å². The summed E-state index contributed by atoms with van der Waals surface area (Å²) in [4.78, 5) is 15.1. The lowest BCUT2D eigenvalue weighted by atomic mass is 10.3. The fraction of sp³-hybridized carbons (Fsp3) is 0.800. The van der Waals surface area contributed by atoms with E-state index in [-0.39, 0.29) is 12.0 Å². The summed E-state index contributed by atoms with van der Waals surface area (Å²) in [6.45, 7) is 2.18. The molecule has 1 N–H and O–H groups in total. The van der Waals surface area contributed by atoms with Crippen LogP contribution in [0.4, 0.5) is 0 Å². The van der Waals surface area contributed by atoms with Gasteiger partial charge in [0.15, 0.2) is 0 Å². The fourth-order valence-electron chi connectivity index (χ4n) is 1.61. The molecule has 1 heterocycles. The van der Waals surface area contributed by atoms with Gasteiger partial charge in [-0.05, 0) is 6.42 Å². The molecule has 1 fully saturated rings. The van der Waals surface area contributed by atoms with Crippen molar-refractivity contribution in [2.45, 2.75) is 18.9 Å². The second kappa shape index (κ2) is 5.69. The minimum absolute atomic E-state index is 0.0133. The number of carbonyl (C=O) groups excluding carboxylic acids is 1. The van der Waals surface area contributed by atoms with Gasteiger partial charge in [0, 0.05) is 26.7 Å². The molecule has 0 saturated carbocycles. The Balaban J connectivity index is 2.26. The van der Waals surface area contributed by atoms with E-state index in [0.29, 0.717) is 26.1 Å². The maximum Gasteiger partial charge on any atom is 0.236 e. The Kier molecular flexibility index (Phi) is 4.53. The highest BCUT2D eigenvalue weighted by Crippen LogP contribution is 2.08. The average molecular weight is 211 g/mol. The molecule has 1 atom stereocenters. The van der Waals surface area contributed by atoms with E-state index in [9.17, 15) is 9.90 Å². The van der Waals surface area contributed by atoms with Gasteiger partial charge in [0.25, 0.3) is 0 Å². The zero-order chi connectivity index (χ0) is 11.3. The standard InChI is InChI=1S/C10H17N3O2/c1-12(5-2-4-11)10(15)8-13-6-3-9(14)7-13/h9,14H,2-3,5-8H2,1H3/t9-/m0/s1.